The third-order valence-electron chi connectivity index (χ3n) is 26.4. The molecule has 0 aliphatic carbocycles. The number of aryl methyl sites for hydroxylation is 5. The van der Waals surface area contributed by atoms with E-state index in [1.807, 2.05) is 12.1 Å². The van der Waals surface area contributed by atoms with E-state index in [2.05, 4.69) is 449 Å². The SMILES string of the molecule is COc1ccc2c(c1)c1cc(OC)ccc1n2-c1ccc(-c2c3ccccc3c(-c3ccc(C)cc3)c3ccccc23)cc1.CSc1ccc2c(c1)c1cc(SC)ccc1n2-c1ccc(-c2c3ccccc3c(-c3cc(C)cc(C)c3)c3ccccc23)cc1.Cc1ccc2c(c1)c1cc(C)ccc1n2-c1ccc(-c2c3ccccc3c(-c3ccccc3)c3ccccc23)cc1. The molecule has 130 heavy (non-hydrogen) atoms. The van der Waals surface area contributed by atoms with E-state index < -0.39 is 0 Å². The zero-order chi connectivity index (χ0) is 87.9. The van der Waals surface area contributed by atoms with E-state index in [1.165, 1.54) is 224 Å². The molecule has 3 heterocycles. The molecule has 0 unspecified atom stereocenters. The molecule has 0 saturated carbocycles. The molecule has 0 N–H and O–H groups in total. The van der Waals surface area contributed by atoms with Gasteiger partial charge in [0.1, 0.15) is 11.5 Å². The second-order valence-corrected chi connectivity index (χ2v) is 36.1. The van der Waals surface area contributed by atoms with E-state index >= 15 is 0 Å². The van der Waals surface area contributed by atoms with Gasteiger partial charge in [0.05, 0.1) is 47.3 Å². The summed E-state index contributed by atoms with van der Waals surface area (Å²) in [5.74, 6) is 1.67. The minimum Gasteiger partial charge on any atom is -0.497 e. The lowest BCUT2D eigenvalue weighted by atomic mass is 9.85. The van der Waals surface area contributed by atoms with E-state index in [1.54, 1.807) is 37.7 Å². The molecule has 0 saturated heterocycles. The predicted molar refractivity (Wildman–Crippen MR) is 560 cm³/mol. The number of hydrogen-bond donors (Lipinski definition) is 0. The Kier molecular flexibility index (Phi) is 20.8. The Morgan fingerprint density at radius 2 is 0.408 bits per heavy atom. The molecule has 0 bridgehead atoms. The van der Waals surface area contributed by atoms with Crippen molar-refractivity contribution >= 4 is 154 Å². The first kappa shape index (κ1) is 80.7. The highest BCUT2D eigenvalue weighted by atomic mass is 32.2. The highest BCUT2D eigenvalue weighted by molar-refractivity contribution is 7.98. The number of fused-ring (bicyclic) bond motifs is 15. The Bertz CT molecular complexity index is 8240. The van der Waals surface area contributed by atoms with Crippen molar-refractivity contribution in [2.45, 2.75) is 44.4 Å². The first-order chi connectivity index (χ1) is 63.8. The van der Waals surface area contributed by atoms with Crippen molar-refractivity contribution in [1.29, 1.82) is 0 Å². The molecular weight excluding hydrogens is 1620 g/mol. The number of hydrogen-bond acceptors (Lipinski definition) is 4. The van der Waals surface area contributed by atoms with E-state index in [0.29, 0.717) is 0 Å². The van der Waals surface area contributed by atoms with Gasteiger partial charge in [-0.3, -0.25) is 0 Å². The summed E-state index contributed by atoms with van der Waals surface area (Å²) in [6.07, 6.45) is 4.29. The van der Waals surface area contributed by atoms with Crippen LogP contribution >= 0.6 is 23.5 Å². The van der Waals surface area contributed by atoms with Crippen LogP contribution < -0.4 is 9.47 Å². The largest absolute Gasteiger partial charge is 0.497 e. The van der Waals surface area contributed by atoms with Gasteiger partial charge in [-0.05, 0) is 312 Å². The van der Waals surface area contributed by atoms with Crippen LogP contribution in [0.4, 0.5) is 0 Å². The monoisotopic (exact) mass is 1710 g/mol. The first-order valence-electron chi connectivity index (χ1n) is 44.5. The molecule has 3 aromatic heterocycles. The molecule has 21 aromatic carbocycles. The van der Waals surface area contributed by atoms with E-state index in [0.717, 1.165) is 39.0 Å². The number of aromatic nitrogens is 3. The zero-order valence-corrected chi connectivity index (χ0v) is 75.7. The van der Waals surface area contributed by atoms with Gasteiger partial charge < -0.3 is 23.2 Å². The summed E-state index contributed by atoms with van der Waals surface area (Å²) in [6, 6.07) is 147. The summed E-state index contributed by atoms with van der Waals surface area (Å²) in [5.41, 5.74) is 32.2. The van der Waals surface area contributed by atoms with Crippen LogP contribution in [0.15, 0.2) is 410 Å². The normalized spacial score (nSPS) is 11.6. The van der Waals surface area contributed by atoms with Crippen LogP contribution in [0.1, 0.15) is 27.8 Å². The molecule has 24 rings (SSSR count). The minimum atomic E-state index is 0.836. The molecule has 0 radical (unpaired) electrons. The van der Waals surface area contributed by atoms with Crippen molar-refractivity contribution in [3.8, 4) is 95.3 Å². The van der Waals surface area contributed by atoms with Crippen LogP contribution in [0.3, 0.4) is 0 Å². The van der Waals surface area contributed by atoms with Crippen molar-refractivity contribution < 1.29 is 9.47 Å². The number of rotatable bonds is 13. The minimum absolute atomic E-state index is 0.836. The predicted octanol–water partition coefficient (Wildman–Crippen LogP) is 34.3. The van der Waals surface area contributed by atoms with Crippen LogP contribution in [-0.2, 0) is 0 Å². The third kappa shape index (κ3) is 14.1. The van der Waals surface area contributed by atoms with Gasteiger partial charge in [0.25, 0.3) is 0 Å². The lowest BCUT2D eigenvalue weighted by Crippen LogP contribution is -1.95. The number of benzene rings is 21. The lowest BCUT2D eigenvalue weighted by Gasteiger charge is -2.18. The lowest BCUT2D eigenvalue weighted by molar-refractivity contribution is 0.415. The fourth-order valence-electron chi connectivity index (χ4n) is 20.6. The quantitative estimate of drug-likeness (QED) is 0.0851. The van der Waals surface area contributed by atoms with Gasteiger partial charge in [-0.15, -0.1) is 23.5 Å². The standard InChI is InChI=1S/C42H33NS2.C41H31NO2.C40H29N/c1-26-21-27(2)23-29(22-26)42-35-11-7-5-9-33(35)41(34-10-6-8-12-36(34)42)28-13-15-30(16-14-28)43-39-19-17-31(44-3)24-37(39)38-25-32(45-4)18-20-40(38)43;1-26-12-14-27(15-13-26)40-32-8-4-6-10-34(32)41(35-11-7-5-9-33(35)40)28-16-18-29(19-17-28)42-38-22-20-30(43-2)24-36(38)37-25-31(44-3)21-23-39(37)42;1-26-16-22-37-35(24-26)36-25-27(2)17-23-38(36)41(37)30-20-18-29(19-21-30)40-33-14-8-6-12-31(33)39(28-10-4-3-5-11-28)32-13-7-9-15-34(32)40/h5-25H,1-4H3;4-25H,1-3H3;3-25H,1-2H3. The molecule has 0 aliphatic rings. The average Bonchev–Trinajstić information content (AvgIpc) is 0.961. The summed E-state index contributed by atoms with van der Waals surface area (Å²) in [4.78, 5) is 2.57. The van der Waals surface area contributed by atoms with Crippen molar-refractivity contribution in [2.75, 3.05) is 26.7 Å². The average molecular weight is 1710 g/mol. The molecule has 24 aromatic rings. The van der Waals surface area contributed by atoms with Gasteiger partial charge in [0.2, 0.25) is 0 Å². The summed E-state index contributed by atoms with van der Waals surface area (Å²) in [5, 5.41) is 22.8. The fraction of sp³-hybridized carbons (Fsp3) is 0.0732. The molecule has 7 heteroatoms. The van der Waals surface area contributed by atoms with Gasteiger partial charge in [-0.25, -0.2) is 0 Å². The number of nitrogens with zero attached hydrogens (tertiary/aromatic N) is 3. The van der Waals surface area contributed by atoms with Crippen molar-refractivity contribution in [1.82, 2.24) is 13.7 Å². The van der Waals surface area contributed by atoms with Gasteiger partial charge in [-0.2, -0.15) is 0 Å². The summed E-state index contributed by atoms with van der Waals surface area (Å²) >= 11 is 3.59. The Hall–Kier alpha value is -15.1. The third-order valence-corrected chi connectivity index (χ3v) is 27.8. The topological polar surface area (TPSA) is 33.2 Å². The maximum Gasteiger partial charge on any atom is 0.119 e. The Morgan fingerprint density at radius 3 is 0.692 bits per heavy atom. The number of ether oxygens (including phenoxy) is 2. The van der Waals surface area contributed by atoms with Crippen molar-refractivity contribution in [3.63, 3.8) is 0 Å². The second-order valence-electron chi connectivity index (χ2n) is 34.4. The number of thioether (sulfide) groups is 2. The Morgan fingerprint density at radius 1 is 0.177 bits per heavy atom. The second kappa shape index (κ2) is 33.6. The first-order valence-corrected chi connectivity index (χ1v) is 47.0. The summed E-state index contributed by atoms with van der Waals surface area (Å²) in [6.45, 7) is 10.9. The zero-order valence-electron chi connectivity index (χ0n) is 74.1. The van der Waals surface area contributed by atoms with Crippen molar-refractivity contribution in [3.05, 3.63) is 428 Å². The molecule has 5 nitrogen and oxygen atoms in total. The van der Waals surface area contributed by atoms with Crippen LogP contribution in [0.2, 0.25) is 0 Å². The highest BCUT2D eigenvalue weighted by Crippen LogP contribution is 2.50. The van der Waals surface area contributed by atoms with E-state index in [4.69, 9.17) is 9.47 Å². The molecule has 0 amide bonds. The van der Waals surface area contributed by atoms with Gasteiger partial charge in [0, 0.05) is 59.2 Å². The molecular formula is C123H93N3O2S2. The van der Waals surface area contributed by atoms with Crippen LogP contribution in [0.25, 0.3) is 214 Å². The number of methoxy groups -OCH3 is 2. The molecule has 0 fully saturated rings. The van der Waals surface area contributed by atoms with Gasteiger partial charge in [0.15, 0.2) is 0 Å². The molecule has 0 spiro atoms. The van der Waals surface area contributed by atoms with Crippen molar-refractivity contribution in [2.24, 2.45) is 0 Å². The van der Waals surface area contributed by atoms with Gasteiger partial charge in [-0.1, -0.05) is 295 Å². The molecule has 624 valence electrons. The van der Waals surface area contributed by atoms with Crippen LogP contribution in [0.5, 0.6) is 11.5 Å². The summed E-state index contributed by atoms with van der Waals surface area (Å²) in [7, 11) is 3.42. The highest BCUT2D eigenvalue weighted by Gasteiger charge is 2.25. The van der Waals surface area contributed by atoms with Crippen LogP contribution in [0, 0.1) is 34.6 Å². The fourth-order valence-corrected chi connectivity index (χ4v) is 21.5. The van der Waals surface area contributed by atoms with E-state index in [9.17, 15) is 0 Å². The maximum absolute atomic E-state index is 5.58. The Balaban J connectivity index is 0.000000115. The molecule has 0 atom stereocenters. The maximum atomic E-state index is 5.58. The summed E-state index contributed by atoms with van der Waals surface area (Å²) < 4.78 is 18.3. The smallest absolute Gasteiger partial charge is 0.119 e. The van der Waals surface area contributed by atoms with Gasteiger partial charge >= 0.3 is 0 Å². The van der Waals surface area contributed by atoms with E-state index in [-0.39, 0.29) is 0 Å². The Labute approximate surface area is 765 Å². The van der Waals surface area contributed by atoms with Crippen LogP contribution in [-0.4, -0.2) is 40.4 Å². The molecule has 0 aliphatic heterocycles.